The van der Waals surface area contributed by atoms with E-state index in [0.717, 1.165) is 12.8 Å². The number of aldehydes is 2. The van der Waals surface area contributed by atoms with Crippen LogP contribution in [0.4, 0.5) is 4.39 Å². The summed E-state index contributed by atoms with van der Waals surface area (Å²) >= 11 is 0. The number of nitrogens with zero attached hydrogens (tertiary/aromatic N) is 3. The van der Waals surface area contributed by atoms with E-state index in [1.165, 1.54) is 4.68 Å². The first-order valence-electron chi connectivity index (χ1n) is 5.73. The number of carbonyl (C=O) groups is 2. The average Bonchev–Trinajstić information content (AvgIpc) is 2.70. The van der Waals surface area contributed by atoms with Crippen molar-refractivity contribution in [1.29, 1.82) is 0 Å². The van der Waals surface area contributed by atoms with Crippen LogP contribution < -0.4 is 0 Å². The van der Waals surface area contributed by atoms with Gasteiger partial charge in [0.25, 0.3) is 0 Å². The monoisotopic (exact) mass is 239 g/mol. The quantitative estimate of drug-likeness (QED) is 0.737. The van der Waals surface area contributed by atoms with E-state index in [2.05, 4.69) is 10.3 Å². The van der Waals surface area contributed by atoms with E-state index in [9.17, 15) is 14.0 Å². The number of hydrogen-bond donors (Lipinski definition) is 0. The molecule has 0 bridgehead atoms. The highest BCUT2D eigenvalue weighted by atomic mass is 19.1. The third-order valence-corrected chi connectivity index (χ3v) is 3.09. The minimum Gasteiger partial charge on any atom is -0.301 e. The van der Waals surface area contributed by atoms with Crippen molar-refractivity contribution in [2.75, 3.05) is 0 Å². The molecule has 0 N–H and O–H groups in total. The Hall–Kier alpha value is -1.59. The molecule has 0 spiro atoms. The molecule has 1 aliphatic rings. The van der Waals surface area contributed by atoms with E-state index >= 15 is 0 Å². The Bertz CT molecular complexity index is 432. The Morgan fingerprint density at radius 2 is 2.18 bits per heavy atom. The predicted molar refractivity (Wildman–Crippen MR) is 57.1 cm³/mol. The van der Waals surface area contributed by atoms with Crippen LogP contribution in [-0.4, -0.2) is 27.6 Å². The van der Waals surface area contributed by atoms with Gasteiger partial charge in [-0.15, -0.1) is 5.10 Å². The Balaban J connectivity index is 2.49. The number of rotatable bonds is 3. The van der Waals surface area contributed by atoms with Gasteiger partial charge >= 0.3 is 0 Å². The van der Waals surface area contributed by atoms with Gasteiger partial charge in [-0.2, -0.15) is 0 Å². The van der Waals surface area contributed by atoms with Crippen molar-refractivity contribution in [1.82, 2.24) is 15.0 Å². The van der Waals surface area contributed by atoms with Gasteiger partial charge in [0, 0.05) is 0 Å². The van der Waals surface area contributed by atoms with E-state index in [0.29, 0.717) is 31.1 Å². The molecule has 1 aromatic rings. The number of hydrogen-bond acceptors (Lipinski definition) is 4. The lowest BCUT2D eigenvalue weighted by molar-refractivity contribution is -0.119. The van der Waals surface area contributed by atoms with E-state index in [-0.39, 0.29) is 18.7 Å². The van der Waals surface area contributed by atoms with Gasteiger partial charge in [-0.05, 0) is 25.7 Å². The molecule has 1 atom stereocenters. The molecule has 92 valence electrons. The molecule has 2 rings (SSSR count). The van der Waals surface area contributed by atoms with Gasteiger partial charge in [0.05, 0.1) is 12.2 Å². The molecule has 1 unspecified atom stereocenters. The smallest absolute Gasteiger partial charge is 0.208 e. The van der Waals surface area contributed by atoms with Crippen molar-refractivity contribution in [2.24, 2.45) is 0 Å². The van der Waals surface area contributed by atoms with Gasteiger partial charge in [0.1, 0.15) is 12.0 Å². The topological polar surface area (TPSA) is 64.8 Å². The summed E-state index contributed by atoms with van der Waals surface area (Å²) in [6.07, 6.45) is 4.10. The van der Waals surface area contributed by atoms with Gasteiger partial charge < -0.3 is 4.79 Å². The predicted octanol–water partition coefficient (Wildman–Crippen LogP) is 0.957. The van der Waals surface area contributed by atoms with E-state index in [4.69, 9.17) is 0 Å². The van der Waals surface area contributed by atoms with Crippen LogP contribution in [0.25, 0.3) is 0 Å². The Kier molecular flexibility index (Phi) is 3.31. The lowest BCUT2D eigenvalue weighted by atomic mass is 9.90. The minimum absolute atomic E-state index is 0.0676. The molecule has 1 heterocycles. The summed E-state index contributed by atoms with van der Waals surface area (Å²) in [6, 6.07) is 0. The van der Waals surface area contributed by atoms with Crippen molar-refractivity contribution in [3.63, 3.8) is 0 Å². The van der Waals surface area contributed by atoms with Crippen LogP contribution in [0.1, 0.15) is 37.1 Å². The number of aromatic nitrogens is 3. The highest BCUT2D eigenvalue weighted by Crippen LogP contribution is 2.34. The summed E-state index contributed by atoms with van der Waals surface area (Å²) in [4.78, 5) is 21.5. The van der Waals surface area contributed by atoms with Gasteiger partial charge in [0.15, 0.2) is 6.29 Å². The van der Waals surface area contributed by atoms with Gasteiger partial charge in [0.2, 0.25) is 5.67 Å². The van der Waals surface area contributed by atoms with E-state index in [1.807, 2.05) is 0 Å². The first kappa shape index (κ1) is 11.9. The summed E-state index contributed by atoms with van der Waals surface area (Å²) in [7, 11) is 0. The second kappa shape index (κ2) is 4.73. The number of halogens is 1. The van der Waals surface area contributed by atoms with Gasteiger partial charge in [-0.1, -0.05) is 11.6 Å². The highest BCUT2D eigenvalue weighted by Gasteiger charge is 2.39. The Morgan fingerprint density at radius 1 is 1.35 bits per heavy atom. The van der Waals surface area contributed by atoms with Crippen molar-refractivity contribution in [2.45, 2.75) is 44.3 Å². The number of fused-ring (bicyclic) bond motifs is 1. The van der Waals surface area contributed by atoms with Crippen molar-refractivity contribution >= 4 is 12.6 Å². The molecule has 5 nitrogen and oxygen atoms in total. The lowest BCUT2D eigenvalue weighted by Crippen LogP contribution is -2.29. The zero-order valence-electron chi connectivity index (χ0n) is 9.43. The third kappa shape index (κ3) is 2.11. The maximum absolute atomic E-state index is 14.6. The Labute approximate surface area is 98.0 Å². The van der Waals surface area contributed by atoms with Crippen LogP contribution in [-0.2, 0) is 28.2 Å². The number of carbonyl (C=O) groups excluding carboxylic acids is 2. The van der Waals surface area contributed by atoms with E-state index < -0.39 is 5.67 Å². The molecule has 0 aromatic carbocycles. The van der Waals surface area contributed by atoms with E-state index in [1.54, 1.807) is 0 Å². The number of aryl methyl sites for hydroxylation is 1. The molecule has 0 saturated carbocycles. The summed E-state index contributed by atoms with van der Waals surface area (Å²) in [5.74, 6) is 0. The van der Waals surface area contributed by atoms with Crippen molar-refractivity contribution in [3.8, 4) is 0 Å². The zero-order valence-corrected chi connectivity index (χ0v) is 9.43. The molecular formula is C11H14FN3O2. The zero-order chi connectivity index (χ0) is 12.3. The summed E-state index contributed by atoms with van der Waals surface area (Å²) in [5, 5.41) is 7.63. The molecule has 6 heteroatoms. The van der Waals surface area contributed by atoms with Crippen LogP contribution in [0.3, 0.4) is 0 Å². The summed E-state index contributed by atoms with van der Waals surface area (Å²) in [5.41, 5.74) is -1.39. The molecular weight excluding hydrogens is 225 g/mol. The van der Waals surface area contributed by atoms with Gasteiger partial charge in [-0.25, -0.2) is 9.07 Å². The molecule has 1 aliphatic carbocycles. The SMILES string of the molecule is O=CCn1nnc2c1C(F)(C=O)CCCCC2. The standard InChI is InChI=1S/C11H14FN3O2/c12-11(8-17)5-3-1-2-4-9-10(11)15(6-7-16)14-13-9/h7-8H,1-6H2. The normalized spacial score (nSPS) is 24.5. The van der Waals surface area contributed by atoms with Crippen molar-refractivity contribution in [3.05, 3.63) is 11.4 Å². The molecule has 0 aliphatic heterocycles. The molecule has 0 fully saturated rings. The molecule has 1 aromatic heterocycles. The number of alkyl halides is 1. The van der Waals surface area contributed by atoms with Gasteiger partial charge in [-0.3, -0.25) is 4.79 Å². The molecule has 0 radical (unpaired) electrons. The lowest BCUT2D eigenvalue weighted by Gasteiger charge is -2.22. The molecule has 17 heavy (non-hydrogen) atoms. The first-order chi connectivity index (χ1) is 8.21. The third-order valence-electron chi connectivity index (χ3n) is 3.09. The largest absolute Gasteiger partial charge is 0.301 e. The Morgan fingerprint density at radius 3 is 2.88 bits per heavy atom. The molecule has 0 amide bonds. The highest BCUT2D eigenvalue weighted by molar-refractivity contribution is 5.66. The summed E-state index contributed by atoms with van der Waals surface area (Å²) < 4.78 is 15.8. The minimum atomic E-state index is -2.05. The van der Waals surface area contributed by atoms with Crippen LogP contribution in [0.2, 0.25) is 0 Å². The second-order valence-electron chi connectivity index (χ2n) is 4.27. The van der Waals surface area contributed by atoms with Crippen molar-refractivity contribution < 1.29 is 14.0 Å². The maximum Gasteiger partial charge on any atom is 0.208 e. The first-order valence-corrected chi connectivity index (χ1v) is 5.73. The second-order valence-corrected chi connectivity index (χ2v) is 4.27. The van der Waals surface area contributed by atoms with Crippen LogP contribution in [0, 0.1) is 0 Å². The van der Waals surface area contributed by atoms with Crippen LogP contribution >= 0.6 is 0 Å². The average molecular weight is 239 g/mol. The maximum atomic E-state index is 14.6. The van der Waals surface area contributed by atoms with Crippen LogP contribution in [0.5, 0.6) is 0 Å². The fourth-order valence-corrected chi connectivity index (χ4v) is 2.25. The van der Waals surface area contributed by atoms with Crippen LogP contribution in [0.15, 0.2) is 0 Å². The fraction of sp³-hybridized carbons (Fsp3) is 0.636. The fourth-order valence-electron chi connectivity index (χ4n) is 2.25. The molecule has 0 saturated heterocycles. The summed E-state index contributed by atoms with van der Waals surface area (Å²) in [6.45, 7) is -0.0676.